The number of anilines is 1. The van der Waals surface area contributed by atoms with Crippen LogP contribution in [0.25, 0.3) is 0 Å². The number of pyridine rings is 1. The summed E-state index contributed by atoms with van der Waals surface area (Å²) in [5.41, 5.74) is 6.49. The van der Waals surface area contributed by atoms with Crippen molar-refractivity contribution in [3.8, 4) is 0 Å². The average molecular weight is 357 g/mol. The van der Waals surface area contributed by atoms with E-state index in [1.54, 1.807) is 0 Å². The van der Waals surface area contributed by atoms with Gasteiger partial charge in [-0.25, -0.2) is 0 Å². The fraction of sp³-hybridized carbons (Fsp3) is 0.217. The molecule has 1 aliphatic heterocycles. The molecule has 0 atom stereocenters. The van der Waals surface area contributed by atoms with Gasteiger partial charge in [-0.3, -0.25) is 9.78 Å². The third-order valence-electron chi connectivity index (χ3n) is 4.93. The van der Waals surface area contributed by atoms with E-state index in [1.807, 2.05) is 43.3 Å². The summed E-state index contributed by atoms with van der Waals surface area (Å²) < 4.78 is 0. The van der Waals surface area contributed by atoms with Gasteiger partial charge in [-0.1, -0.05) is 36.4 Å². The molecule has 4 rings (SSSR count). The lowest BCUT2D eigenvalue weighted by Gasteiger charge is -2.18. The molecular weight excluding hydrogens is 334 g/mol. The van der Waals surface area contributed by atoms with E-state index in [9.17, 15) is 4.79 Å². The highest BCUT2D eigenvalue weighted by Gasteiger charge is 2.19. The Balaban J connectivity index is 1.38. The van der Waals surface area contributed by atoms with Crippen LogP contribution in [-0.2, 0) is 19.5 Å². The zero-order chi connectivity index (χ0) is 18.6. The molecule has 1 N–H and O–H groups in total. The summed E-state index contributed by atoms with van der Waals surface area (Å²) in [6, 6.07) is 22.3. The predicted molar refractivity (Wildman–Crippen MR) is 108 cm³/mol. The minimum absolute atomic E-state index is 0.0405. The molecule has 0 bridgehead atoms. The number of aromatic nitrogens is 1. The number of amides is 1. The van der Waals surface area contributed by atoms with Gasteiger partial charge in [0.1, 0.15) is 0 Å². The van der Waals surface area contributed by atoms with E-state index >= 15 is 0 Å². The zero-order valence-electron chi connectivity index (χ0n) is 15.5. The molecule has 0 saturated heterocycles. The molecule has 0 radical (unpaired) electrons. The summed E-state index contributed by atoms with van der Waals surface area (Å²) in [4.78, 5) is 19.3. The van der Waals surface area contributed by atoms with Crippen LogP contribution in [0.1, 0.15) is 32.9 Å². The van der Waals surface area contributed by atoms with Gasteiger partial charge in [0, 0.05) is 48.7 Å². The van der Waals surface area contributed by atoms with Gasteiger partial charge < -0.3 is 10.2 Å². The fourth-order valence-corrected chi connectivity index (χ4v) is 3.50. The van der Waals surface area contributed by atoms with Gasteiger partial charge in [0.15, 0.2) is 0 Å². The van der Waals surface area contributed by atoms with E-state index in [0.29, 0.717) is 12.1 Å². The van der Waals surface area contributed by atoms with Crippen LogP contribution in [0.3, 0.4) is 0 Å². The molecule has 4 heteroatoms. The van der Waals surface area contributed by atoms with Crippen LogP contribution < -0.4 is 10.2 Å². The summed E-state index contributed by atoms with van der Waals surface area (Å²) >= 11 is 0. The molecule has 0 spiro atoms. The molecule has 136 valence electrons. The second kappa shape index (κ2) is 7.62. The van der Waals surface area contributed by atoms with Crippen LogP contribution in [0.2, 0.25) is 0 Å². The Kier molecular flexibility index (Phi) is 4.88. The number of nitrogens with one attached hydrogen (secondary N) is 1. The van der Waals surface area contributed by atoms with Crippen molar-refractivity contribution in [1.82, 2.24) is 10.3 Å². The van der Waals surface area contributed by atoms with Crippen LogP contribution in [0.4, 0.5) is 5.69 Å². The number of rotatable bonds is 5. The number of hydrogen-bond donors (Lipinski definition) is 1. The molecule has 0 unspecified atom stereocenters. The van der Waals surface area contributed by atoms with Crippen LogP contribution in [-0.4, -0.2) is 17.4 Å². The van der Waals surface area contributed by atoms with Crippen molar-refractivity contribution in [2.24, 2.45) is 0 Å². The monoisotopic (exact) mass is 357 g/mol. The standard InChI is InChI=1S/C23H23N3O/c1-17-6-4-10-21(25-17)12-13-24-23(27)18-9-5-11-22(14-18)26-15-19-7-2-3-8-20(19)16-26/h2-11,14H,12-13,15-16H2,1H3,(H,24,27). The lowest BCUT2D eigenvalue weighted by molar-refractivity contribution is 0.0954. The molecule has 0 saturated carbocycles. The number of carbonyl (C=O) groups is 1. The van der Waals surface area contributed by atoms with Gasteiger partial charge >= 0.3 is 0 Å². The maximum atomic E-state index is 12.5. The summed E-state index contributed by atoms with van der Waals surface area (Å²) in [7, 11) is 0. The smallest absolute Gasteiger partial charge is 0.251 e. The van der Waals surface area contributed by atoms with E-state index in [0.717, 1.165) is 36.6 Å². The molecule has 1 amide bonds. The van der Waals surface area contributed by atoms with Gasteiger partial charge in [0.05, 0.1) is 0 Å². The van der Waals surface area contributed by atoms with Crippen molar-refractivity contribution in [2.75, 3.05) is 11.4 Å². The highest BCUT2D eigenvalue weighted by atomic mass is 16.1. The molecule has 1 aliphatic rings. The van der Waals surface area contributed by atoms with Gasteiger partial charge in [0.25, 0.3) is 5.91 Å². The van der Waals surface area contributed by atoms with Crippen LogP contribution in [0.15, 0.2) is 66.7 Å². The number of aryl methyl sites for hydroxylation is 1. The highest BCUT2D eigenvalue weighted by molar-refractivity contribution is 5.95. The Hall–Kier alpha value is -3.14. The Labute approximate surface area is 159 Å². The number of carbonyl (C=O) groups excluding carboxylic acids is 1. The molecular formula is C23H23N3O. The molecule has 2 aromatic carbocycles. The molecule has 2 heterocycles. The van der Waals surface area contributed by atoms with Gasteiger partial charge in [0.2, 0.25) is 0 Å². The lowest BCUT2D eigenvalue weighted by Crippen LogP contribution is -2.26. The summed E-state index contributed by atoms with van der Waals surface area (Å²) in [5.74, 6) is -0.0405. The van der Waals surface area contributed by atoms with E-state index in [4.69, 9.17) is 0 Å². The Morgan fingerprint density at radius 2 is 1.74 bits per heavy atom. The van der Waals surface area contributed by atoms with Gasteiger partial charge in [-0.05, 0) is 48.4 Å². The summed E-state index contributed by atoms with van der Waals surface area (Å²) in [6.45, 7) is 4.33. The van der Waals surface area contributed by atoms with Gasteiger partial charge in [-0.2, -0.15) is 0 Å². The third-order valence-corrected chi connectivity index (χ3v) is 4.93. The lowest BCUT2D eigenvalue weighted by atomic mass is 10.1. The maximum absolute atomic E-state index is 12.5. The Bertz CT molecular complexity index is 942. The second-order valence-electron chi connectivity index (χ2n) is 6.95. The number of nitrogens with zero attached hydrogens (tertiary/aromatic N) is 2. The predicted octanol–water partition coefficient (Wildman–Crippen LogP) is 3.88. The van der Waals surface area contributed by atoms with Crippen molar-refractivity contribution < 1.29 is 4.79 Å². The van der Waals surface area contributed by atoms with Crippen LogP contribution in [0, 0.1) is 6.92 Å². The first-order valence-electron chi connectivity index (χ1n) is 9.31. The van der Waals surface area contributed by atoms with E-state index in [2.05, 4.69) is 45.5 Å². The highest BCUT2D eigenvalue weighted by Crippen LogP contribution is 2.28. The molecule has 4 nitrogen and oxygen atoms in total. The van der Waals surface area contributed by atoms with E-state index in [-0.39, 0.29) is 5.91 Å². The molecule has 1 aromatic heterocycles. The molecule has 27 heavy (non-hydrogen) atoms. The van der Waals surface area contributed by atoms with Crippen LogP contribution >= 0.6 is 0 Å². The van der Waals surface area contributed by atoms with E-state index in [1.165, 1.54) is 11.1 Å². The second-order valence-corrected chi connectivity index (χ2v) is 6.95. The quantitative estimate of drug-likeness (QED) is 0.754. The van der Waals surface area contributed by atoms with Crippen molar-refractivity contribution in [2.45, 2.75) is 26.4 Å². The number of hydrogen-bond acceptors (Lipinski definition) is 3. The molecule has 0 aliphatic carbocycles. The minimum atomic E-state index is -0.0405. The largest absolute Gasteiger partial charge is 0.363 e. The first-order valence-corrected chi connectivity index (χ1v) is 9.31. The topological polar surface area (TPSA) is 45.2 Å². The SMILES string of the molecule is Cc1cccc(CCNC(=O)c2cccc(N3Cc4ccccc4C3)c2)n1. The average Bonchev–Trinajstić information content (AvgIpc) is 3.12. The fourth-order valence-electron chi connectivity index (χ4n) is 3.50. The zero-order valence-corrected chi connectivity index (χ0v) is 15.5. The van der Waals surface area contributed by atoms with Gasteiger partial charge in [-0.15, -0.1) is 0 Å². The van der Waals surface area contributed by atoms with Crippen molar-refractivity contribution in [3.05, 3.63) is 94.8 Å². The normalized spacial score (nSPS) is 12.7. The van der Waals surface area contributed by atoms with Crippen molar-refractivity contribution in [1.29, 1.82) is 0 Å². The van der Waals surface area contributed by atoms with Crippen molar-refractivity contribution >= 4 is 11.6 Å². The molecule has 3 aromatic rings. The van der Waals surface area contributed by atoms with Crippen LogP contribution in [0.5, 0.6) is 0 Å². The molecule has 0 fully saturated rings. The minimum Gasteiger partial charge on any atom is -0.363 e. The number of benzene rings is 2. The first kappa shape index (κ1) is 17.3. The Morgan fingerprint density at radius 3 is 2.48 bits per heavy atom. The maximum Gasteiger partial charge on any atom is 0.251 e. The van der Waals surface area contributed by atoms with E-state index < -0.39 is 0 Å². The number of fused-ring (bicyclic) bond motifs is 1. The first-order chi connectivity index (χ1) is 13.2. The van der Waals surface area contributed by atoms with Crippen molar-refractivity contribution in [3.63, 3.8) is 0 Å². The summed E-state index contributed by atoms with van der Waals surface area (Å²) in [5, 5.41) is 3.00. The Morgan fingerprint density at radius 1 is 1.00 bits per heavy atom. The summed E-state index contributed by atoms with van der Waals surface area (Å²) in [6.07, 6.45) is 0.731. The third kappa shape index (κ3) is 4.00.